The van der Waals surface area contributed by atoms with Crippen molar-refractivity contribution in [2.24, 2.45) is 0 Å². The Morgan fingerprint density at radius 3 is 2.64 bits per heavy atom. The van der Waals surface area contributed by atoms with Gasteiger partial charge in [0.05, 0.1) is 48.7 Å². The van der Waals surface area contributed by atoms with E-state index in [2.05, 4.69) is 42.2 Å². The number of nitrogen functional groups attached to an aromatic ring is 2. The number of alkyl halides is 1. The second-order valence-corrected chi connectivity index (χ2v) is 14.8. The highest BCUT2D eigenvalue weighted by Gasteiger charge is 2.53. The molecular weight excluding hydrogens is 618 g/mol. The summed E-state index contributed by atoms with van der Waals surface area (Å²) in [5, 5.41) is 29.8. The third-order valence-corrected chi connectivity index (χ3v) is 12.1. The van der Waals surface area contributed by atoms with Gasteiger partial charge >= 0.3 is 0 Å². The smallest absolute Gasteiger partial charge is 0.280 e. The molecule has 2 aliphatic rings. The summed E-state index contributed by atoms with van der Waals surface area (Å²) in [6.07, 6.45) is -3.38. The minimum atomic E-state index is -4.00. The molecule has 0 aliphatic carbocycles. The third-order valence-electron chi connectivity index (χ3n) is 7.25. The number of hydrogen-bond acceptors (Lipinski definition) is 15. The first-order valence-corrected chi connectivity index (χ1v) is 16.3. The predicted molar refractivity (Wildman–Crippen MR) is 152 cm³/mol. The van der Waals surface area contributed by atoms with E-state index >= 15 is 4.39 Å². The van der Waals surface area contributed by atoms with Crippen LogP contribution in [-0.2, 0) is 13.8 Å². The van der Waals surface area contributed by atoms with Gasteiger partial charge in [0.2, 0.25) is 5.95 Å². The minimum absolute atomic E-state index is 0.0251. The van der Waals surface area contributed by atoms with Crippen LogP contribution in [0.15, 0.2) is 23.8 Å². The maximum absolute atomic E-state index is 15.1. The number of halogens is 1. The van der Waals surface area contributed by atoms with Crippen LogP contribution in [0.2, 0.25) is 0 Å². The van der Waals surface area contributed by atoms with Crippen molar-refractivity contribution in [3.8, 4) is 0 Å². The number of rotatable bonds is 8. The normalized spacial score (nSPS) is 31.3. The molecule has 2 aliphatic heterocycles. The van der Waals surface area contributed by atoms with Crippen molar-refractivity contribution in [3.05, 3.63) is 29.3 Å². The van der Waals surface area contributed by atoms with Crippen LogP contribution in [0.1, 0.15) is 18.0 Å². The number of nitrogens with one attached hydrogen (secondary N) is 1. The third kappa shape index (κ3) is 4.84. The number of thiol groups is 1. The van der Waals surface area contributed by atoms with Crippen LogP contribution in [0.5, 0.6) is 0 Å². The fraction of sp³-hybridized carbons (Fsp3) is 0.524. The lowest BCUT2D eigenvalue weighted by atomic mass is 10.1. The predicted octanol–water partition coefficient (Wildman–Crippen LogP) is -0.414. The summed E-state index contributed by atoms with van der Waals surface area (Å²) in [5.74, 6) is -0.0662. The highest BCUT2D eigenvalue weighted by Crippen LogP contribution is 2.66. The van der Waals surface area contributed by atoms with E-state index in [-0.39, 0.29) is 47.1 Å². The summed E-state index contributed by atoms with van der Waals surface area (Å²) in [6, 6.07) is 0. The molecule has 2 fully saturated rings. The van der Waals surface area contributed by atoms with Gasteiger partial charge in [-0.25, -0.2) is 24.3 Å². The van der Waals surface area contributed by atoms with Gasteiger partial charge in [-0.3, -0.25) is 18.9 Å². The molecule has 8 N–H and O–H groups in total. The Morgan fingerprint density at radius 2 is 1.88 bits per heavy atom. The van der Waals surface area contributed by atoms with Gasteiger partial charge in [-0.1, -0.05) is 12.2 Å². The monoisotopic (exact) mass is 644 g/mol. The van der Waals surface area contributed by atoms with Gasteiger partial charge in [-0.05, 0) is 0 Å². The Balaban J connectivity index is 1.19. The first kappa shape index (κ1) is 29.2. The summed E-state index contributed by atoms with van der Waals surface area (Å²) >= 11 is 5.38. The summed E-state index contributed by atoms with van der Waals surface area (Å²) in [7, 11) is 0. The van der Waals surface area contributed by atoms with Crippen molar-refractivity contribution in [3.63, 3.8) is 0 Å². The highest BCUT2D eigenvalue weighted by molar-refractivity contribution is 8.46. The number of nitrogens with zero attached hydrogens (tertiary/aromatic N) is 7. The topological polar surface area (TPSA) is 255 Å². The van der Waals surface area contributed by atoms with Gasteiger partial charge in [-0.2, -0.15) is 4.98 Å². The molecule has 4 aromatic rings. The highest BCUT2D eigenvalue weighted by atomic mass is 32.7. The van der Waals surface area contributed by atoms with Crippen LogP contribution in [-0.4, -0.2) is 103 Å². The molecule has 0 radical (unpaired) electrons. The van der Waals surface area contributed by atoms with Gasteiger partial charge in [0.1, 0.15) is 23.6 Å². The van der Waals surface area contributed by atoms with E-state index in [0.29, 0.717) is 0 Å². The number of hydrogen-bond donors (Lipinski definition) is 7. The lowest BCUT2D eigenvalue weighted by Gasteiger charge is -2.28. The summed E-state index contributed by atoms with van der Waals surface area (Å²) in [4.78, 5) is 34.8. The molecule has 21 heteroatoms. The molecule has 9 atom stereocenters. The summed E-state index contributed by atoms with van der Waals surface area (Å²) in [5.41, 5.74) is 10.3. The number of ether oxygens (including phenoxy) is 1. The quantitative estimate of drug-likeness (QED) is 0.0950. The Labute approximate surface area is 244 Å². The van der Waals surface area contributed by atoms with Crippen LogP contribution in [0, 0.1) is 0 Å². The van der Waals surface area contributed by atoms with E-state index in [1.54, 1.807) is 0 Å². The van der Waals surface area contributed by atoms with Gasteiger partial charge in [-0.15, -0.1) is 11.8 Å². The number of anilines is 2. The first-order chi connectivity index (χ1) is 20.0. The molecule has 0 spiro atoms. The molecule has 2 unspecified atom stereocenters. The van der Waals surface area contributed by atoms with Gasteiger partial charge in [0, 0.05) is 6.42 Å². The zero-order chi connectivity index (χ0) is 29.9. The largest absolute Gasteiger partial charge is 0.395 e. The lowest BCUT2D eigenvalue weighted by molar-refractivity contribution is -0.0304. The Hall–Kier alpha value is -2.84. The molecule has 226 valence electrons. The maximum atomic E-state index is 15.1. The SMILES string of the molecule is Nc1nc2c(ncn2[C@@H]2S[C@H](CO)[C@@H](O)[C@H]2P(=O)(S)OCC[C@H]2OC(n3cnc4c(N)ncnc43)[C@@H](F)[C@@H]2O)c(=O)[nH]1. The first-order valence-electron chi connectivity index (χ1n) is 12.6. The van der Waals surface area contributed by atoms with E-state index in [1.165, 1.54) is 28.1 Å². The molecule has 17 nitrogen and oxygen atoms in total. The van der Waals surface area contributed by atoms with Crippen LogP contribution < -0.4 is 17.0 Å². The second kappa shape index (κ2) is 11.0. The zero-order valence-electron chi connectivity index (χ0n) is 21.4. The molecule has 0 aromatic carbocycles. The standard InChI is InChI=1S/C21H26FN10O7PS2/c22-9-12(34)7(39-19(9)31-5-27-10-15(23)25-4-26-16(10)31)1-2-38-40(37,41)14-13(35)8(3-33)42-20(14)32-6-28-11-17(32)29-21(24)30-18(11)36/h4-9,12-14,19-20,33-35H,1-3H2,(H,37,41)(H2,23,25,26)(H3,24,29,30,36)/t7-,8-,9+,12-,13-,14-,19?,20-,40?/m1/s1. The lowest BCUT2D eigenvalue weighted by Crippen LogP contribution is -2.33. The number of H-pyrrole nitrogens is 1. The van der Waals surface area contributed by atoms with Crippen molar-refractivity contribution < 1.29 is 33.5 Å². The number of thioether (sulfide) groups is 1. The van der Waals surface area contributed by atoms with E-state index in [1.807, 2.05) is 0 Å². The van der Waals surface area contributed by atoms with E-state index in [4.69, 9.17) is 20.7 Å². The van der Waals surface area contributed by atoms with Crippen molar-refractivity contribution in [2.45, 2.75) is 53.4 Å². The summed E-state index contributed by atoms with van der Waals surface area (Å²) < 4.78 is 43.2. The molecule has 4 aromatic heterocycles. The number of aromatic amines is 1. The van der Waals surface area contributed by atoms with Gasteiger partial charge in [0.15, 0.2) is 35.0 Å². The molecular formula is C21H26FN10O7PS2. The fourth-order valence-electron chi connectivity index (χ4n) is 5.20. The molecule has 0 saturated carbocycles. The number of fused-ring (bicyclic) bond motifs is 2. The molecule has 6 heterocycles. The van der Waals surface area contributed by atoms with E-state index in [0.717, 1.165) is 11.8 Å². The van der Waals surface area contributed by atoms with Gasteiger partial charge in [0.25, 0.3) is 12.1 Å². The Bertz CT molecular complexity index is 1740. The molecule has 0 bridgehead atoms. The molecule has 2 saturated heterocycles. The Morgan fingerprint density at radius 1 is 1.14 bits per heavy atom. The van der Waals surface area contributed by atoms with E-state index in [9.17, 15) is 24.7 Å². The second-order valence-electron chi connectivity index (χ2n) is 9.77. The Kier molecular flexibility index (Phi) is 7.67. The van der Waals surface area contributed by atoms with Crippen molar-refractivity contribution >= 4 is 64.7 Å². The van der Waals surface area contributed by atoms with Crippen LogP contribution in [0.4, 0.5) is 16.2 Å². The summed E-state index contributed by atoms with van der Waals surface area (Å²) in [6.45, 7) is -4.74. The van der Waals surface area contributed by atoms with Gasteiger partial charge < -0.3 is 40.6 Å². The average molecular weight is 645 g/mol. The maximum Gasteiger partial charge on any atom is 0.280 e. The van der Waals surface area contributed by atoms with Crippen LogP contribution in [0.25, 0.3) is 22.3 Å². The fourth-order valence-corrected chi connectivity index (χ4v) is 10.3. The van der Waals surface area contributed by atoms with Crippen molar-refractivity contribution in [1.29, 1.82) is 0 Å². The van der Waals surface area contributed by atoms with Crippen molar-refractivity contribution in [2.75, 3.05) is 24.7 Å². The number of aliphatic hydroxyl groups excluding tert-OH is 3. The zero-order valence-corrected chi connectivity index (χ0v) is 24.0. The number of aliphatic hydroxyl groups is 3. The molecule has 0 amide bonds. The van der Waals surface area contributed by atoms with Crippen LogP contribution in [0.3, 0.4) is 0 Å². The molecule has 6 rings (SSSR count). The number of aromatic nitrogens is 8. The van der Waals surface area contributed by atoms with Crippen molar-refractivity contribution in [1.82, 2.24) is 39.0 Å². The molecule has 42 heavy (non-hydrogen) atoms. The average Bonchev–Trinajstić information content (AvgIpc) is 3.70. The number of nitrogens with two attached hydrogens (primary N) is 2. The minimum Gasteiger partial charge on any atom is -0.395 e. The van der Waals surface area contributed by atoms with E-state index < -0.39 is 65.7 Å². The number of imidazole rings is 2. The van der Waals surface area contributed by atoms with Crippen LogP contribution >= 0.6 is 30.6 Å².